The number of nitrogens with one attached hydrogen (secondary N) is 1. The number of rotatable bonds is 5. The first-order valence-corrected chi connectivity index (χ1v) is 9.06. The van der Waals surface area contributed by atoms with E-state index in [4.69, 9.17) is 23.2 Å². The molecule has 0 saturated heterocycles. The Labute approximate surface area is 172 Å². The minimum Gasteiger partial charge on any atom is -0.477 e. The summed E-state index contributed by atoms with van der Waals surface area (Å²) in [5.74, 6) is -1.73. The lowest BCUT2D eigenvalue weighted by atomic mass is 10.0. The second kappa shape index (κ2) is 8.74. The van der Waals surface area contributed by atoms with Crippen molar-refractivity contribution in [3.63, 3.8) is 0 Å². The van der Waals surface area contributed by atoms with Gasteiger partial charge in [0.25, 0.3) is 5.91 Å². The van der Waals surface area contributed by atoms with Gasteiger partial charge in [-0.25, -0.2) is 4.79 Å². The van der Waals surface area contributed by atoms with Gasteiger partial charge >= 0.3 is 5.97 Å². The highest BCUT2D eigenvalue weighted by atomic mass is 35.5. The van der Waals surface area contributed by atoms with Crippen molar-refractivity contribution in [2.24, 2.45) is 0 Å². The molecule has 0 atom stereocenters. The molecule has 3 aromatic rings. The summed E-state index contributed by atoms with van der Waals surface area (Å²) in [6.45, 7) is 0. The van der Waals surface area contributed by atoms with Gasteiger partial charge in [0, 0.05) is 21.2 Å². The van der Waals surface area contributed by atoms with Gasteiger partial charge in [-0.05, 0) is 47.5 Å². The molecule has 0 aliphatic heterocycles. The lowest BCUT2D eigenvalue weighted by Gasteiger charge is -2.08. The van der Waals surface area contributed by atoms with Crippen molar-refractivity contribution in [1.29, 1.82) is 0 Å². The van der Waals surface area contributed by atoms with Crippen LogP contribution in [0.5, 0.6) is 0 Å². The number of hydrogen-bond acceptors (Lipinski definition) is 2. The Morgan fingerprint density at radius 2 is 1.64 bits per heavy atom. The monoisotopic (exact) mass is 411 g/mol. The molecule has 0 spiro atoms. The van der Waals surface area contributed by atoms with Crippen LogP contribution in [0.25, 0.3) is 17.2 Å². The molecule has 0 heterocycles. The number of aliphatic carboxylic acids is 1. The van der Waals surface area contributed by atoms with Crippen LogP contribution in [0, 0.1) is 0 Å². The van der Waals surface area contributed by atoms with E-state index in [9.17, 15) is 14.7 Å². The van der Waals surface area contributed by atoms with Gasteiger partial charge in [-0.3, -0.25) is 4.79 Å². The number of benzene rings is 3. The summed E-state index contributed by atoms with van der Waals surface area (Å²) < 4.78 is 0. The Morgan fingerprint density at radius 1 is 0.893 bits per heavy atom. The van der Waals surface area contributed by atoms with E-state index in [0.717, 1.165) is 11.1 Å². The van der Waals surface area contributed by atoms with Gasteiger partial charge in [0.2, 0.25) is 0 Å². The molecule has 3 aromatic carbocycles. The topological polar surface area (TPSA) is 66.4 Å². The molecule has 0 bridgehead atoms. The molecule has 0 fully saturated rings. The number of carbonyl (C=O) groups excluding carboxylic acids is 1. The average Bonchev–Trinajstić information content (AvgIpc) is 2.68. The van der Waals surface area contributed by atoms with Crippen molar-refractivity contribution in [2.45, 2.75) is 0 Å². The Hall–Kier alpha value is -3.08. The van der Waals surface area contributed by atoms with Crippen molar-refractivity contribution < 1.29 is 14.7 Å². The van der Waals surface area contributed by atoms with Crippen LogP contribution >= 0.6 is 23.2 Å². The van der Waals surface area contributed by atoms with Gasteiger partial charge in [0.15, 0.2) is 0 Å². The van der Waals surface area contributed by atoms with E-state index in [1.54, 1.807) is 66.7 Å². The molecule has 0 radical (unpaired) electrons. The molecular weight excluding hydrogens is 397 g/mol. The van der Waals surface area contributed by atoms with Crippen molar-refractivity contribution in [2.75, 3.05) is 0 Å². The third kappa shape index (κ3) is 4.80. The van der Waals surface area contributed by atoms with E-state index in [1.807, 2.05) is 6.07 Å². The van der Waals surface area contributed by atoms with Gasteiger partial charge in [0.1, 0.15) is 5.70 Å². The maximum Gasteiger partial charge on any atom is 0.352 e. The first kappa shape index (κ1) is 19.7. The smallest absolute Gasteiger partial charge is 0.352 e. The van der Waals surface area contributed by atoms with Gasteiger partial charge in [0.05, 0.1) is 0 Å². The summed E-state index contributed by atoms with van der Waals surface area (Å²) in [5.41, 5.74) is 2.32. The first-order valence-electron chi connectivity index (χ1n) is 8.31. The highest BCUT2D eigenvalue weighted by Gasteiger charge is 2.13. The number of carboxylic acids is 1. The quantitative estimate of drug-likeness (QED) is 0.543. The zero-order chi connectivity index (χ0) is 20.1. The normalized spacial score (nSPS) is 11.1. The van der Waals surface area contributed by atoms with E-state index >= 15 is 0 Å². The SMILES string of the molecule is O=C(O)/C(=C\c1cccc(-c2ccc(Cl)cc2Cl)c1)NC(=O)c1ccccc1. The molecule has 0 aromatic heterocycles. The van der Waals surface area contributed by atoms with Crippen molar-refractivity contribution >= 4 is 41.2 Å². The molecule has 2 N–H and O–H groups in total. The molecule has 140 valence electrons. The highest BCUT2D eigenvalue weighted by Crippen LogP contribution is 2.31. The zero-order valence-electron chi connectivity index (χ0n) is 14.5. The van der Waals surface area contributed by atoms with Gasteiger partial charge in [-0.1, -0.05) is 65.7 Å². The van der Waals surface area contributed by atoms with Crippen LogP contribution in [0.15, 0.2) is 78.5 Å². The minimum atomic E-state index is -1.24. The van der Waals surface area contributed by atoms with Crippen LogP contribution in [0.4, 0.5) is 0 Å². The first-order chi connectivity index (χ1) is 13.4. The molecule has 6 heteroatoms. The molecule has 28 heavy (non-hydrogen) atoms. The molecule has 0 aliphatic carbocycles. The van der Waals surface area contributed by atoms with E-state index < -0.39 is 11.9 Å². The number of hydrogen-bond donors (Lipinski definition) is 2. The van der Waals surface area contributed by atoms with Crippen molar-refractivity contribution in [1.82, 2.24) is 5.32 Å². The summed E-state index contributed by atoms with van der Waals surface area (Å²) in [6.07, 6.45) is 1.40. The number of carboxylic acid groups (broad SMARTS) is 1. The Kier molecular flexibility index (Phi) is 6.14. The average molecular weight is 412 g/mol. The van der Waals surface area contributed by atoms with Crippen molar-refractivity contribution in [3.05, 3.63) is 99.7 Å². The molecule has 0 aliphatic rings. The van der Waals surface area contributed by atoms with Crippen LogP contribution < -0.4 is 5.32 Å². The minimum absolute atomic E-state index is 0.229. The van der Waals surface area contributed by atoms with E-state index in [1.165, 1.54) is 6.08 Å². The number of amides is 1. The Morgan fingerprint density at radius 3 is 2.32 bits per heavy atom. The fourth-order valence-corrected chi connectivity index (χ4v) is 3.14. The second-order valence-corrected chi connectivity index (χ2v) is 6.78. The van der Waals surface area contributed by atoms with Crippen LogP contribution in [0.1, 0.15) is 15.9 Å². The predicted molar refractivity (Wildman–Crippen MR) is 111 cm³/mol. The molecule has 1 amide bonds. The standard InChI is InChI=1S/C22H15Cl2NO3/c23-17-9-10-18(19(24)13-17)16-8-4-5-14(11-16)12-20(22(27)28)25-21(26)15-6-2-1-3-7-15/h1-13H,(H,25,26)(H,27,28)/b20-12+. The summed E-state index contributed by atoms with van der Waals surface area (Å²) in [5, 5.41) is 12.9. The molecule has 4 nitrogen and oxygen atoms in total. The molecule has 3 rings (SSSR count). The maximum absolute atomic E-state index is 12.3. The fourth-order valence-electron chi connectivity index (χ4n) is 2.62. The van der Waals surface area contributed by atoms with Gasteiger partial charge in [-0.2, -0.15) is 0 Å². The number of carbonyl (C=O) groups is 2. The molecule has 0 unspecified atom stereocenters. The van der Waals surface area contributed by atoms with Crippen LogP contribution in [-0.2, 0) is 4.79 Å². The van der Waals surface area contributed by atoms with Crippen molar-refractivity contribution in [3.8, 4) is 11.1 Å². The summed E-state index contributed by atoms with van der Waals surface area (Å²) in [4.78, 5) is 23.9. The third-order valence-electron chi connectivity index (χ3n) is 3.95. The summed E-state index contributed by atoms with van der Waals surface area (Å²) in [7, 11) is 0. The molecule has 0 saturated carbocycles. The maximum atomic E-state index is 12.3. The van der Waals surface area contributed by atoms with Crippen LogP contribution in [0.3, 0.4) is 0 Å². The Balaban J connectivity index is 1.91. The largest absolute Gasteiger partial charge is 0.477 e. The van der Waals surface area contributed by atoms with Crippen LogP contribution in [-0.4, -0.2) is 17.0 Å². The summed E-state index contributed by atoms with van der Waals surface area (Å²) >= 11 is 12.2. The lowest BCUT2D eigenvalue weighted by molar-refractivity contribution is -0.132. The summed E-state index contributed by atoms with van der Waals surface area (Å²) in [6, 6.07) is 20.7. The van der Waals surface area contributed by atoms with E-state index in [0.29, 0.717) is 21.2 Å². The van der Waals surface area contributed by atoms with E-state index in [-0.39, 0.29) is 5.70 Å². The van der Waals surface area contributed by atoms with Gasteiger partial charge in [-0.15, -0.1) is 0 Å². The lowest BCUT2D eigenvalue weighted by Crippen LogP contribution is -2.27. The van der Waals surface area contributed by atoms with Gasteiger partial charge < -0.3 is 10.4 Å². The molecular formula is C22H15Cl2NO3. The fraction of sp³-hybridized carbons (Fsp3) is 0. The number of halogens is 2. The second-order valence-electron chi connectivity index (χ2n) is 5.93. The highest BCUT2D eigenvalue weighted by molar-refractivity contribution is 6.36. The predicted octanol–water partition coefficient (Wildman–Crippen LogP) is 5.52. The third-order valence-corrected chi connectivity index (χ3v) is 4.50. The Bertz CT molecular complexity index is 1060. The van der Waals surface area contributed by atoms with Crippen LogP contribution in [0.2, 0.25) is 10.0 Å². The zero-order valence-corrected chi connectivity index (χ0v) is 16.0. The van der Waals surface area contributed by atoms with E-state index in [2.05, 4.69) is 5.32 Å².